The van der Waals surface area contributed by atoms with Crippen LogP contribution in [0.4, 0.5) is 0 Å². The van der Waals surface area contributed by atoms with Crippen molar-refractivity contribution in [3.63, 3.8) is 0 Å². The number of nitrogens with zero attached hydrogens (tertiary/aromatic N) is 1. The smallest absolute Gasteiger partial charge is 0.267 e. The zero-order chi connectivity index (χ0) is 18.3. The fourth-order valence-corrected chi connectivity index (χ4v) is 4.48. The third kappa shape index (κ3) is 2.64. The number of rotatable bonds is 3. The van der Waals surface area contributed by atoms with E-state index in [9.17, 15) is 9.59 Å². The van der Waals surface area contributed by atoms with Gasteiger partial charge in [-0.3, -0.25) is 14.2 Å². The van der Waals surface area contributed by atoms with E-state index in [1.54, 1.807) is 12.1 Å². The summed E-state index contributed by atoms with van der Waals surface area (Å²) in [5.74, 6) is -0.0886. The predicted molar refractivity (Wildman–Crippen MR) is 107 cm³/mol. The minimum atomic E-state index is -0.212. The summed E-state index contributed by atoms with van der Waals surface area (Å²) in [4.78, 5) is 30.3. The Hall–Kier alpha value is -2.83. The van der Waals surface area contributed by atoms with Crippen LogP contribution in [-0.4, -0.2) is 15.3 Å². The second-order valence-electron chi connectivity index (χ2n) is 5.86. The van der Waals surface area contributed by atoms with Gasteiger partial charge >= 0.3 is 0 Å². The molecular weight excluding hydrogens is 364 g/mol. The van der Waals surface area contributed by atoms with E-state index in [4.69, 9.17) is 12.2 Å². The van der Waals surface area contributed by atoms with Crippen LogP contribution in [0.5, 0.6) is 0 Å². The fraction of sp³-hybridized carbons (Fsp3) is 0.0500. The van der Waals surface area contributed by atoms with Crippen LogP contribution in [0.15, 0.2) is 65.5 Å². The minimum Gasteiger partial charge on any atom is -0.323 e. The maximum Gasteiger partial charge on any atom is 0.267 e. The first-order chi connectivity index (χ1) is 12.6. The van der Waals surface area contributed by atoms with Gasteiger partial charge in [0.15, 0.2) is 4.77 Å². The largest absolute Gasteiger partial charge is 0.323 e. The Kier molecular flexibility index (Phi) is 4.14. The van der Waals surface area contributed by atoms with Gasteiger partial charge in [-0.2, -0.15) is 0 Å². The van der Waals surface area contributed by atoms with Gasteiger partial charge in [-0.25, -0.2) is 0 Å². The van der Waals surface area contributed by atoms with E-state index in [0.717, 1.165) is 0 Å². The number of benzene rings is 2. The molecule has 0 spiro atoms. The molecule has 0 radical (unpaired) electrons. The Bertz CT molecular complexity index is 1240. The number of hydrogen-bond donors (Lipinski definition) is 1. The number of ketones is 1. The summed E-state index contributed by atoms with van der Waals surface area (Å²) in [5.41, 5.74) is 1.77. The van der Waals surface area contributed by atoms with Crippen LogP contribution in [0.1, 0.15) is 20.8 Å². The summed E-state index contributed by atoms with van der Waals surface area (Å²) in [6.07, 6.45) is 0. The lowest BCUT2D eigenvalue weighted by Gasteiger charge is -2.06. The lowest BCUT2D eigenvalue weighted by molar-refractivity contribution is 0.104. The molecule has 0 bridgehead atoms. The molecule has 2 aromatic heterocycles. The SMILES string of the molecule is Cc1c(C(=O)c2ccccc2)sc2[nH]c(=S)n(-c3ccccc3)c(=O)c12. The highest BCUT2D eigenvalue weighted by Gasteiger charge is 2.20. The Morgan fingerprint density at radius 3 is 2.31 bits per heavy atom. The molecule has 0 atom stereocenters. The van der Waals surface area contributed by atoms with Crippen LogP contribution < -0.4 is 5.56 Å². The first-order valence-electron chi connectivity index (χ1n) is 8.01. The molecule has 1 N–H and O–H groups in total. The molecule has 0 saturated carbocycles. The zero-order valence-electron chi connectivity index (χ0n) is 13.9. The van der Waals surface area contributed by atoms with E-state index in [2.05, 4.69) is 4.98 Å². The maximum absolute atomic E-state index is 13.1. The van der Waals surface area contributed by atoms with Crippen molar-refractivity contribution in [3.8, 4) is 5.69 Å². The van der Waals surface area contributed by atoms with Crippen molar-refractivity contribution in [2.45, 2.75) is 6.92 Å². The number of carbonyl (C=O) groups is 1. The molecule has 0 unspecified atom stereocenters. The Labute approximate surface area is 158 Å². The average Bonchev–Trinajstić information content (AvgIpc) is 2.99. The Morgan fingerprint density at radius 2 is 1.65 bits per heavy atom. The average molecular weight is 378 g/mol. The number of aromatic nitrogens is 2. The summed E-state index contributed by atoms with van der Waals surface area (Å²) in [6, 6.07) is 18.3. The molecule has 4 rings (SSSR count). The lowest BCUT2D eigenvalue weighted by Crippen LogP contribution is -2.20. The Balaban J connectivity index is 1.97. The van der Waals surface area contributed by atoms with Crippen LogP contribution in [0, 0.1) is 11.7 Å². The van der Waals surface area contributed by atoms with Crippen LogP contribution in [0.2, 0.25) is 0 Å². The summed E-state index contributed by atoms with van der Waals surface area (Å²) in [7, 11) is 0. The molecule has 6 heteroatoms. The van der Waals surface area contributed by atoms with E-state index in [0.29, 0.717) is 36.7 Å². The summed E-state index contributed by atoms with van der Waals surface area (Å²) < 4.78 is 1.78. The van der Waals surface area contributed by atoms with Gasteiger partial charge in [0.05, 0.1) is 16.0 Å². The molecule has 0 saturated heterocycles. The number of aryl methyl sites for hydroxylation is 1. The van der Waals surface area contributed by atoms with E-state index in [1.165, 1.54) is 15.9 Å². The van der Waals surface area contributed by atoms with Gasteiger partial charge in [0.25, 0.3) is 5.56 Å². The normalized spacial score (nSPS) is 11.0. The zero-order valence-corrected chi connectivity index (χ0v) is 15.5. The van der Waals surface area contributed by atoms with Crippen molar-refractivity contribution >= 4 is 39.6 Å². The van der Waals surface area contributed by atoms with Crippen LogP contribution in [0.25, 0.3) is 15.9 Å². The maximum atomic E-state index is 13.1. The number of H-pyrrole nitrogens is 1. The van der Waals surface area contributed by atoms with Gasteiger partial charge < -0.3 is 4.98 Å². The van der Waals surface area contributed by atoms with Crippen molar-refractivity contribution in [1.82, 2.24) is 9.55 Å². The van der Waals surface area contributed by atoms with Gasteiger partial charge in [0, 0.05) is 5.56 Å². The molecule has 26 heavy (non-hydrogen) atoms. The molecule has 0 aliphatic heterocycles. The molecule has 0 aliphatic carbocycles. The number of carbonyl (C=O) groups excluding carboxylic acids is 1. The van der Waals surface area contributed by atoms with Crippen molar-refractivity contribution < 1.29 is 4.79 Å². The molecule has 128 valence electrons. The minimum absolute atomic E-state index is 0.0886. The second kappa shape index (κ2) is 6.48. The number of hydrogen-bond acceptors (Lipinski definition) is 4. The molecule has 2 heterocycles. The number of fused-ring (bicyclic) bond motifs is 1. The van der Waals surface area contributed by atoms with E-state index >= 15 is 0 Å². The molecule has 2 aromatic carbocycles. The second-order valence-corrected chi connectivity index (χ2v) is 7.27. The van der Waals surface area contributed by atoms with Gasteiger partial charge in [0.1, 0.15) is 4.83 Å². The molecule has 0 amide bonds. The van der Waals surface area contributed by atoms with E-state index in [1.807, 2.05) is 55.5 Å². The third-order valence-corrected chi connectivity index (χ3v) is 5.73. The summed E-state index contributed by atoms with van der Waals surface area (Å²) >= 11 is 6.66. The summed E-state index contributed by atoms with van der Waals surface area (Å²) in [6.45, 7) is 1.81. The quantitative estimate of drug-likeness (QED) is 0.417. The van der Waals surface area contributed by atoms with Crippen LogP contribution >= 0.6 is 23.6 Å². The highest BCUT2D eigenvalue weighted by Crippen LogP contribution is 2.29. The first kappa shape index (κ1) is 16.6. The first-order valence-corrected chi connectivity index (χ1v) is 9.24. The number of thiophene rings is 1. The van der Waals surface area contributed by atoms with Gasteiger partial charge in [-0.15, -0.1) is 11.3 Å². The van der Waals surface area contributed by atoms with E-state index in [-0.39, 0.29) is 11.3 Å². The van der Waals surface area contributed by atoms with E-state index < -0.39 is 0 Å². The predicted octanol–water partition coefficient (Wildman–Crippen LogP) is 4.65. The van der Waals surface area contributed by atoms with Crippen molar-refractivity contribution in [3.05, 3.63) is 91.8 Å². The standard InChI is InChI=1S/C20H14N2O2S2/c1-12-15-18(26-17(12)16(23)13-8-4-2-5-9-13)21-20(25)22(19(15)24)14-10-6-3-7-11-14/h2-11H,1H3,(H,21,25). The van der Waals surface area contributed by atoms with Crippen molar-refractivity contribution in [2.75, 3.05) is 0 Å². The Morgan fingerprint density at radius 1 is 1.04 bits per heavy atom. The van der Waals surface area contributed by atoms with Gasteiger partial charge in [-0.05, 0) is 36.8 Å². The van der Waals surface area contributed by atoms with Crippen LogP contribution in [0.3, 0.4) is 0 Å². The van der Waals surface area contributed by atoms with Crippen LogP contribution in [-0.2, 0) is 0 Å². The lowest BCUT2D eigenvalue weighted by atomic mass is 10.1. The highest BCUT2D eigenvalue weighted by atomic mass is 32.1. The number of aromatic amines is 1. The van der Waals surface area contributed by atoms with Gasteiger partial charge in [0.2, 0.25) is 5.78 Å². The van der Waals surface area contributed by atoms with Crippen molar-refractivity contribution in [2.24, 2.45) is 0 Å². The van der Waals surface area contributed by atoms with Crippen molar-refractivity contribution in [1.29, 1.82) is 0 Å². The monoisotopic (exact) mass is 378 g/mol. The molecule has 0 aliphatic rings. The summed E-state index contributed by atoms with van der Waals surface area (Å²) in [5, 5.41) is 0.506. The third-order valence-electron chi connectivity index (χ3n) is 4.24. The highest BCUT2D eigenvalue weighted by molar-refractivity contribution is 7.71. The fourth-order valence-electron chi connectivity index (χ4n) is 2.96. The van der Waals surface area contributed by atoms with Gasteiger partial charge in [-0.1, -0.05) is 48.5 Å². The topological polar surface area (TPSA) is 54.9 Å². The molecule has 0 fully saturated rings. The number of nitrogens with one attached hydrogen (secondary N) is 1. The molecular formula is C20H14N2O2S2. The molecule has 4 nitrogen and oxygen atoms in total. The molecule has 4 aromatic rings. The number of para-hydroxylation sites is 1.